The molecule has 0 saturated heterocycles. The van der Waals surface area contributed by atoms with Gasteiger partial charge in [-0.05, 0) is 40.6 Å². The molecule has 2 N–H and O–H groups in total. The fourth-order valence-corrected chi connectivity index (χ4v) is 2.80. The maximum atomic E-state index is 12.3. The van der Waals surface area contributed by atoms with Crippen molar-refractivity contribution >= 4 is 28.6 Å². The Labute approximate surface area is 163 Å². The highest BCUT2D eigenvalue weighted by Gasteiger charge is 2.11. The predicted molar refractivity (Wildman–Crippen MR) is 111 cm³/mol. The first-order valence-electron chi connectivity index (χ1n) is 8.82. The van der Waals surface area contributed by atoms with Crippen LogP contribution in [0.5, 0.6) is 5.75 Å². The number of phenols is 1. The van der Waals surface area contributed by atoms with Crippen molar-refractivity contribution < 1.29 is 9.90 Å². The van der Waals surface area contributed by atoms with Crippen LogP contribution in [0.2, 0.25) is 0 Å². The van der Waals surface area contributed by atoms with Gasteiger partial charge in [-0.3, -0.25) is 4.79 Å². The number of aromatic hydroxyl groups is 1. The maximum Gasteiger partial charge on any atom is 0.275 e. The Morgan fingerprint density at radius 1 is 1.18 bits per heavy atom. The van der Waals surface area contributed by atoms with E-state index in [2.05, 4.69) is 16.6 Å². The second kappa shape index (κ2) is 8.69. The highest BCUT2D eigenvalue weighted by molar-refractivity contribution is 6.01. The molecule has 0 unspecified atom stereocenters. The second-order valence-corrected chi connectivity index (χ2v) is 6.34. The number of carbonyl (C=O) groups is 1. The van der Waals surface area contributed by atoms with Gasteiger partial charge in [-0.15, -0.1) is 0 Å². The summed E-state index contributed by atoms with van der Waals surface area (Å²) >= 11 is 0. The standard InChI is InChI=1S/C22H20N4O2/c1-26(12-4-11-23)19-9-7-16(8-10-19)15-24-25-22(28)20-13-17-5-2-3-6-18(17)14-21(20)27/h2-3,5-10,13-15,27H,4,12H2,1H3,(H,25,28)/b24-15+. The number of phenolic OH excluding ortho intramolecular Hbond substituents is 1. The van der Waals surface area contributed by atoms with Gasteiger partial charge in [-0.1, -0.05) is 36.4 Å². The smallest absolute Gasteiger partial charge is 0.275 e. The molecule has 0 heterocycles. The number of nitrogens with zero attached hydrogens (tertiary/aromatic N) is 3. The van der Waals surface area contributed by atoms with Crippen LogP contribution in [-0.4, -0.2) is 30.8 Å². The minimum absolute atomic E-state index is 0.0869. The van der Waals surface area contributed by atoms with Gasteiger partial charge in [0.25, 0.3) is 5.91 Å². The van der Waals surface area contributed by atoms with Crippen LogP contribution >= 0.6 is 0 Å². The van der Waals surface area contributed by atoms with Crippen LogP contribution in [0.3, 0.4) is 0 Å². The van der Waals surface area contributed by atoms with Crippen molar-refractivity contribution in [3.05, 3.63) is 71.8 Å². The molecule has 0 spiro atoms. The maximum absolute atomic E-state index is 12.3. The quantitative estimate of drug-likeness (QED) is 0.510. The van der Waals surface area contributed by atoms with Gasteiger partial charge in [0.05, 0.1) is 24.3 Å². The number of fused-ring (bicyclic) bond motifs is 1. The Balaban J connectivity index is 1.65. The molecule has 0 bridgehead atoms. The molecule has 0 aliphatic rings. The molecule has 0 saturated carbocycles. The monoisotopic (exact) mass is 372 g/mol. The minimum atomic E-state index is -0.479. The van der Waals surface area contributed by atoms with Gasteiger partial charge in [-0.25, -0.2) is 5.43 Å². The number of hydrogen-bond acceptors (Lipinski definition) is 5. The van der Waals surface area contributed by atoms with E-state index in [1.54, 1.807) is 12.1 Å². The fraction of sp³-hybridized carbons (Fsp3) is 0.136. The minimum Gasteiger partial charge on any atom is -0.507 e. The average Bonchev–Trinajstić information content (AvgIpc) is 2.71. The molecular weight excluding hydrogens is 352 g/mol. The Bertz CT molecular complexity index is 1050. The molecule has 0 aliphatic carbocycles. The first-order valence-corrected chi connectivity index (χ1v) is 8.82. The molecule has 3 aromatic carbocycles. The molecule has 28 heavy (non-hydrogen) atoms. The number of hydrazone groups is 1. The predicted octanol–water partition coefficient (Wildman–Crippen LogP) is 3.66. The lowest BCUT2D eigenvalue weighted by Crippen LogP contribution is -2.18. The third-order valence-corrected chi connectivity index (χ3v) is 4.38. The fourth-order valence-electron chi connectivity index (χ4n) is 2.80. The molecule has 0 aromatic heterocycles. The van der Waals surface area contributed by atoms with Gasteiger partial charge in [0.1, 0.15) is 5.75 Å². The van der Waals surface area contributed by atoms with E-state index in [-0.39, 0.29) is 11.3 Å². The first-order chi connectivity index (χ1) is 13.6. The van der Waals surface area contributed by atoms with Gasteiger partial charge in [0.2, 0.25) is 0 Å². The summed E-state index contributed by atoms with van der Waals surface area (Å²) in [5.74, 6) is -0.566. The van der Waals surface area contributed by atoms with Crippen LogP contribution in [0.1, 0.15) is 22.3 Å². The molecule has 0 aliphatic heterocycles. The van der Waals surface area contributed by atoms with Crippen LogP contribution in [0.15, 0.2) is 65.8 Å². The van der Waals surface area contributed by atoms with E-state index >= 15 is 0 Å². The van der Waals surface area contributed by atoms with Crippen molar-refractivity contribution in [2.24, 2.45) is 5.10 Å². The zero-order valence-corrected chi connectivity index (χ0v) is 15.5. The van der Waals surface area contributed by atoms with E-state index in [1.165, 1.54) is 6.21 Å². The van der Waals surface area contributed by atoms with Gasteiger partial charge in [-0.2, -0.15) is 10.4 Å². The Kier molecular flexibility index (Phi) is 5.87. The second-order valence-electron chi connectivity index (χ2n) is 6.34. The zero-order chi connectivity index (χ0) is 19.9. The highest BCUT2D eigenvalue weighted by atomic mass is 16.3. The number of carbonyl (C=O) groups excluding carboxylic acids is 1. The lowest BCUT2D eigenvalue weighted by molar-refractivity contribution is 0.0952. The lowest BCUT2D eigenvalue weighted by atomic mass is 10.1. The molecule has 6 nitrogen and oxygen atoms in total. The summed E-state index contributed by atoms with van der Waals surface area (Å²) < 4.78 is 0. The van der Waals surface area contributed by atoms with Crippen molar-refractivity contribution in [2.75, 3.05) is 18.5 Å². The van der Waals surface area contributed by atoms with Crippen LogP contribution < -0.4 is 10.3 Å². The number of anilines is 1. The molecule has 1 amide bonds. The Hall–Kier alpha value is -3.85. The summed E-state index contributed by atoms with van der Waals surface area (Å²) in [4.78, 5) is 14.3. The van der Waals surface area contributed by atoms with E-state index < -0.39 is 5.91 Å². The third-order valence-electron chi connectivity index (χ3n) is 4.38. The number of rotatable bonds is 6. The lowest BCUT2D eigenvalue weighted by Gasteiger charge is -2.17. The van der Waals surface area contributed by atoms with Gasteiger partial charge in [0, 0.05) is 19.3 Å². The molecule has 0 radical (unpaired) electrons. The molecular formula is C22H20N4O2. The molecule has 140 valence electrons. The van der Waals surface area contributed by atoms with Crippen LogP contribution in [0.4, 0.5) is 5.69 Å². The van der Waals surface area contributed by atoms with Crippen LogP contribution in [-0.2, 0) is 0 Å². The van der Waals surface area contributed by atoms with E-state index in [9.17, 15) is 9.90 Å². The summed E-state index contributed by atoms with van der Waals surface area (Å²) in [6, 6.07) is 20.4. The summed E-state index contributed by atoms with van der Waals surface area (Å²) in [5.41, 5.74) is 4.43. The van der Waals surface area contributed by atoms with E-state index in [0.717, 1.165) is 22.0 Å². The van der Waals surface area contributed by atoms with Crippen molar-refractivity contribution in [1.82, 2.24) is 5.43 Å². The molecule has 0 fully saturated rings. The Morgan fingerprint density at radius 3 is 2.54 bits per heavy atom. The van der Waals surface area contributed by atoms with Crippen molar-refractivity contribution in [2.45, 2.75) is 6.42 Å². The van der Waals surface area contributed by atoms with Crippen LogP contribution in [0.25, 0.3) is 10.8 Å². The van der Waals surface area contributed by atoms with Crippen LogP contribution in [0, 0.1) is 11.3 Å². The number of nitriles is 1. The molecule has 3 rings (SSSR count). The average molecular weight is 372 g/mol. The first kappa shape index (κ1) is 18.9. The molecule has 6 heteroatoms. The molecule has 3 aromatic rings. The normalized spacial score (nSPS) is 10.7. The van der Waals surface area contributed by atoms with E-state index in [0.29, 0.717) is 13.0 Å². The largest absolute Gasteiger partial charge is 0.507 e. The topological polar surface area (TPSA) is 88.7 Å². The molecule has 0 atom stereocenters. The van der Waals surface area contributed by atoms with E-state index in [4.69, 9.17) is 5.26 Å². The number of nitrogens with one attached hydrogen (secondary N) is 1. The number of hydrogen-bond donors (Lipinski definition) is 2. The van der Waals surface area contributed by atoms with Crippen molar-refractivity contribution in [1.29, 1.82) is 5.26 Å². The third kappa shape index (κ3) is 4.46. The number of benzene rings is 3. The summed E-state index contributed by atoms with van der Waals surface area (Å²) in [6.07, 6.45) is 2.00. The Morgan fingerprint density at radius 2 is 1.86 bits per heavy atom. The van der Waals surface area contributed by atoms with Gasteiger partial charge < -0.3 is 10.0 Å². The van der Waals surface area contributed by atoms with Crippen molar-refractivity contribution in [3.8, 4) is 11.8 Å². The summed E-state index contributed by atoms with van der Waals surface area (Å²) in [7, 11) is 1.93. The van der Waals surface area contributed by atoms with Gasteiger partial charge in [0.15, 0.2) is 0 Å². The SMILES string of the molecule is CN(CCC#N)c1ccc(/C=N/NC(=O)c2cc3ccccc3cc2O)cc1. The van der Waals surface area contributed by atoms with E-state index in [1.807, 2.05) is 60.5 Å². The zero-order valence-electron chi connectivity index (χ0n) is 15.5. The van der Waals surface area contributed by atoms with Gasteiger partial charge >= 0.3 is 0 Å². The number of amides is 1. The van der Waals surface area contributed by atoms with Crippen molar-refractivity contribution in [3.63, 3.8) is 0 Å². The summed E-state index contributed by atoms with van der Waals surface area (Å²) in [6.45, 7) is 0.662. The summed E-state index contributed by atoms with van der Waals surface area (Å²) in [5, 5.41) is 24.5. The highest BCUT2D eigenvalue weighted by Crippen LogP contribution is 2.24.